The van der Waals surface area contributed by atoms with Crippen molar-refractivity contribution in [1.29, 1.82) is 0 Å². The summed E-state index contributed by atoms with van der Waals surface area (Å²) in [6.07, 6.45) is 0.837. The maximum Gasteiger partial charge on any atom is 0.227 e. The molecular formula is C22H27N3O3. The van der Waals surface area contributed by atoms with Crippen LogP contribution in [0.3, 0.4) is 0 Å². The van der Waals surface area contributed by atoms with Crippen molar-refractivity contribution in [2.75, 3.05) is 45.2 Å². The number of ether oxygens (including phenoxy) is 1. The van der Waals surface area contributed by atoms with Gasteiger partial charge < -0.3 is 15.0 Å². The molecule has 2 aromatic carbocycles. The van der Waals surface area contributed by atoms with E-state index >= 15 is 0 Å². The first kappa shape index (κ1) is 19.9. The van der Waals surface area contributed by atoms with Gasteiger partial charge in [0.2, 0.25) is 11.8 Å². The van der Waals surface area contributed by atoms with Crippen LogP contribution in [0.15, 0.2) is 54.6 Å². The smallest absolute Gasteiger partial charge is 0.227 e. The number of rotatable bonds is 7. The zero-order chi connectivity index (χ0) is 19.8. The molecule has 1 heterocycles. The number of nitrogens with one attached hydrogen (secondary N) is 1. The number of nitrogens with zero attached hydrogens (tertiary/aromatic N) is 2. The number of anilines is 1. The van der Waals surface area contributed by atoms with Gasteiger partial charge in [0.15, 0.2) is 0 Å². The second kappa shape index (κ2) is 9.90. The summed E-state index contributed by atoms with van der Waals surface area (Å²) in [5.74, 6) is 0.918. The lowest BCUT2D eigenvalue weighted by atomic mass is 10.1. The summed E-state index contributed by atoms with van der Waals surface area (Å²) in [5.41, 5.74) is 1.78. The Labute approximate surface area is 166 Å². The van der Waals surface area contributed by atoms with E-state index in [1.54, 1.807) is 7.11 Å². The van der Waals surface area contributed by atoms with Gasteiger partial charge in [-0.25, -0.2) is 0 Å². The molecule has 0 radical (unpaired) electrons. The minimum absolute atomic E-state index is 0.0164. The molecule has 6 heteroatoms. The molecule has 0 bridgehead atoms. The first-order valence-electron chi connectivity index (χ1n) is 9.62. The molecule has 1 saturated heterocycles. The normalized spacial score (nSPS) is 14.5. The molecule has 28 heavy (non-hydrogen) atoms. The molecule has 0 aromatic heterocycles. The minimum Gasteiger partial charge on any atom is -0.497 e. The average Bonchev–Trinajstić information content (AvgIpc) is 2.73. The van der Waals surface area contributed by atoms with Gasteiger partial charge in [0, 0.05) is 44.8 Å². The third-order valence-electron chi connectivity index (χ3n) is 4.93. The number of benzene rings is 2. The van der Waals surface area contributed by atoms with Gasteiger partial charge in [-0.15, -0.1) is 0 Å². The van der Waals surface area contributed by atoms with Crippen LogP contribution in [0.25, 0.3) is 0 Å². The van der Waals surface area contributed by atoms with E-state index in [-0.39, 0.29) is 11.8 Å². The van der Waals surface area contributed by atoms with Crippen LogP contribution >= 0.6 is 0 Å². The summed E-state index contributed by atoms with van der Waals surface area (Å²) in [6.45, 7) is 3.69. The van der Waals surface area contributed by atoms with Crippen LogP contribution in [0, 0.1) is 0 Å². The zero-order valence-corrected chi connectivity index (χ0v) is 16.3. The van der Waals surface area contributed by atoms with Crippen LogP contribution in [-0.2, 0) is 16.0 Å². The highest BCUT2D eigenvalue weighted by atomic mass is 16.5. The van der Waals surface area contributed by atoms with Crippen LogP contribution in [0.1, 0.15) is 12.0 Å². The fourth-order valence-electron chi connectivity index (χ4n) is 3.29. The van der Waals surface area contributed by atoms with Crippen molar-refractivity contribution in [2.45, 2.75) is 12.8 Å². The number of piperazine rings is 1. The van der Waals surface area contributed by atoms with Gasteiger partial charge in [0.25, 0.3) is 0 Å². The molecule has 0 atom stereocenters. The standard InChI is InChI=1S/C22H27N3O3/c1-28-20-9-5-6-18(16-20)17-22(27)25-14-12-24(13-15-25)11-10-21(26)23-19-7-3-2-4-8-19/h2-9,16H,10-15,17H2,1H3,(H,23,26). The Morgan fingerprint density at radius 2 is 1.75 bits per heavy atom. The highest BCUT2D eigenvalue weighted by Gasteiger charge is 2.21. The van der Waals surface area contributed by atoms with Crippen molar-refractivity contribution in [3.63, 3.8) is 0 Å². The molecule has 148 valence electrons. The minimum atomic E-state index is 0.0164. The molecule has 2 aromatic rings. The van der Waals surface area contributed by atoms with Crippen molar-refractivity contribution in [2.24, 2.45) is 0 Å². The van der Waals surface area contributed by atoms with Crippen molar-refractivity contribution in [1.82, 2.24) is 9.80 Å². The number of para-hydroxylation sites is 1. The molecule has 1 aliphatic rings. The quantitative estimate of drug-likeness (QED) is 0.800. The van der Waals surface area contributed by atoms with E-state index in [1.165, 1.54) is 0 Å². The zero-order valence-electron chi connectivity index (χ0n) is 16.3. The third kappa shape index (κ3) is 5.82. The highest BCUT2D eigenvalue weighted by Crippen LogP contribution is 2.14. The van der Waals surface area contributed by atoms with E-state index in [1.807, 2.05) is 59.5 Å². The summed E-state index contributed by atoms with van der Waals surface area (Å²) in [7, 11) is 1.63. The SMILES string of the molecule is COc1cccc(CC(=O)N2CCN(CCC(=O)Nc3ccccc3)CC2)c1. The number of carbonyl (C=O) groups is 2. The first-order chi connectivity index (χ1) is 13.6. The molecule has 1 aliphatic heterocycles. The number of hydrogen-bond donors (Lipinski definition) is 1. The van der Waals surface area contributed by atoms with Crippen LogP contribution in [0.2, 0.25) is 0 Å². The molecular weight excluding hydrogens is 354 g/mol. The summed E-state index contributed by atoms with van der Waals surface area (Å²) in [5, 5.41) is 2.90. The van der Waals surface area contributed by atoms with Crippen LogP contribution in [0.5, 0.6) is 5.75 Å². The lowest BCUT2D eigenvalue weighted by Crippen LogP contribution is -2.49. The third-order valence-corrected chi connectivity index (χ3v) is 4.93. The Kier molecular flexibility index (Phi) is 7.03. The molecule has 0 unspecified atom stereocenters. The van der Waals surface area contributed by atoms with E-state index in [0.29, 0.717) is 32.5 Å². The van der Waals surface area contributed by atoms with E-state index in [2.05, 4.69) is 10.2 Å². The topological polar surface area (TPSA) is 61.9 Å². The molecule has 6 nitrogen and oxygen atoms in total. The Bertz CT molecular complexity index is 787. The highest BCUT2D eigenvalue weighted by molar-refractivity contribution is 5.90. The van der Waals surface area contributed by atoms with E-state index in [4.69, 9.17) is 4.74 Å². The molecule has 1 N–H and O–H groups in total. The molecule has 3 rings (SSSR count). The predicted octanol–water partition coefficient (Wildman–Crippen LogP) is 2.41. The second-order valence-corrected chi connectivity index (χ2v) is 6.91. The number of hydrogen-bond acceptors (Lipinski definition) is 4. The van der Waals surface area contributed by atoms with Gasteiger partial charge in [-0.05, 0) is 29.8 Å². The lowest BCUT2D eigenvalue weighted by Gasteiger charge is -2.34. The van der Waals surface area contributed by atoms with E-state index in [9.17, 15) is 9.59 Å². The fourth-order valence-corrected chi connectivity index (χ4v) is 3.29. The summed E-state index contributed by atoms with van der Waals surface area (Å²) in [6, 6.07) is 17.1. The summed E-state index contributed by atoms with van der Waals surface area (Å²) < 4.78 is 5.22. The monoisotopic (exact) mass is 381 g/mol. The average molecular weight is 381 g/mol. The number of carbonyl (C=O) groups excluding carboxylic acids is 2. The van der Waals surface area contributed by atoms with Gasteiger partial charge in [0.05, 0.1) is 13.5 Å². The van der Waals surface area contributed by atoms with E-state index < -0.39 is 0 Å². The van der Waals surface area contributed by atoms with Crippen LogP contribution < -0.4 is 10.1 Å². The van der Waals surface area contributed by atoms with Crippen molar-refractivity contribution < 1.29 is 14.3 Å². The molecule has 1 fully saturated rings. The molecule has 0 spiro atoms. The fraction of sp³-hybridized carbons (Fsp3) is 0.364. The van der Waals surface area contributed by atoms with Gasteiger partial charge in [-0.2, -0.15) is 0 Å². The Morgan fingerprint density at radius 3 is 2.46 bits per heavy atom. The number of amides is 2. The van der Waals surface area contributed by atoms with E-state index in [0.717, 1.165) is 30.1 Å². The Hall–Kier alpha value is -2.86. The summed E-state index contributed by atoms with van der Waals surface area (Å²) >= 11 is 0. The molecule has 0 saturated carbocycles. The van der Waals surface area contributed by atoms with Crippen LogP contribution in [0.4, 0.5) is 5.69 Å². The molecule has 2 amide bonds. The van der Waals surface area contributed by atoms with Crippen molar-refractivity contribution in [3.05, 3.63) is 60.2 Å². The lowest BCUT2D eigenvalue weighted by molar-refractivity contribution is -0.132. The maximum atomic E-state index is 12.5. The maximum absolute atomic E-state index is 12.5. The predicted molar refractivity (Wildman–Crippen MR) is 109 cm³/mol. The van der Waals surface area contributed by atoms with Crippen LogP contribution in [-0.4, -0.2) is 61.4 Å². The summed E-state index contributed by atoms with van der Waals surface area (Å²) in [4.78, 5) is 28.8. The number of methoxy groups -OCH3 is 1. The van der Waals surface area contributed by atoms with Crippen molar-refractivity contribution in [3.8, 4) is 5.75 Å². The van der Waals surface area contributed by atoms with Gasteiger partial charge >= 0.3 is 0 Å². The largest absolute Gasteiger partial charge is 0.497 e. The van der Waals surface area contributed by atoms with Gasteiger partial charge in [0.1, 0.15) is 5.75 Å². The molecule has 0 aliphatic carbocycles. The van der Waals surface area contributed by atoms with Gasteiger partial charge in [-0.1, -0.05) is 30.3 Å². The van der Waals surface area contributed by atoms with Crippen molar-refractivity contribution >= 4 is 17.5 Å². The Morgan fingerprint density at radius 1 is 1.00 bits per heavy atom. The second-order valence-electron chi connectivity index (χ2n) is 6.91. The van der Waals surface area contributed by atoms with Gasteiger partial charge in [-0.3, -0.25) is 14.5 Å². The Balaban J connectivity index is 1.39. The first-order valence-corrected chi connectivity index (χ1v) is 9.62.